The Kier molecular flexibility index (Phi) is 4.03. The molecular weight excluding hydrogens is 234 g/mol. The number of rotatable bonds is 4. The summed E-state index contributed by atoms with van der Waals surface area (Å²) in [6.45, 7) is 5.27. The van der Waals surface area contributed by atoms with Crippen LogP contribution in [0.3, 0.4) is 0 Å². The second-order valence-electron chi connectivity index (χ2n) is 4.80. The van der Waals surface area contributed by atoms with Crippen molar-refractivity contribution in [2.24, 2.45) is 11.1 Å². The van der Waals surface area contributed by atoms with E-state index in [1.165, 1.54) is 6.07 Å². The molecule has 18 heavy (non-hydrogen) atoms. The Morgan fingerprint density at radius 2 is 2.11 bits per heavy atom. The van der Waals surface area contributed by atoms with Crippen molar-refractivity contribution >= 4 is 17.3 Å². The molecule has 1 amide bonds. The molecule has 0 aliphatic carbocycles. The number of nitrogens with two attached hydrogens (primary N) is 1. The molecule has 0 fully saturated rings. The number of hydrogen-bond donors (Lipinski definition) is 2. The van der Waals surface area contributed by atoms with Crippen molar-refractivity contribution in [1.82, 2.24) is 0 Å². The summed E-state index contributed by atoms with van der Waals surface area (Å²) >= 11 is 0. The molecule has 0 aromatic heterocycles. The number of benzene rings is 1. The zero-order valence-corrected chi connectivity index (χ0v) is 10.7. The number of nitrogens with zero attached hydrogens (tertiary/aromatic N) is 1. The average molecular weight is 251 g/mol. The molecule has 0 atom stereocenters. The van der Waals surface area contributed by atoms with Crippen LogP contribution in [0.1, 0.15) is 19.4 Å². The van der Waals surface area contributed by atoms with Crippen LogP contribution in [0.5, 0.6) is 0 Å². The van der Waals surface area contributed by atoms with E-state index in [-0.39, 0.29) is 18.1 Å². The number of carbonyl (C=O) groups excluding carboxylic acids is 1. The monoisotopic (exact) mass is 251 g/mol. The Morgan fingerprint density at radius 3 is 2.61 bits per heavy atom. The molecular formula is C12H17N3O3. The molecule has 0 unspecified atom stereocenters. The van der Waals surface area contributed by atoms with Gasteiger partial charge in [0.2, 0.25) is 5.91 Å². The molecule has 0 aliphatic heterocycles. The molecule has 3 N–H and O–H groups in total. The molecule has 0 aliphatic rings. The molecule has 0 saturated carbocycles. The Morgan fingerprint density at radius 1 is 1.50 bits per heavy atom. The van der Waals surface area contributed by atoms with E-state index >= 15 is 0 Å². The lowest BCUT2D eigenvalue weighted by atomic mass is 9.92. The van der Waals surface area contributed by atoms with E-state index < -0.39 is 10.3 Å². The molecule has 1 rings (SSSR count). The molecule has 0 spiro atoms. The van der Waals surface area contributed by atoms with E-state index in [0.29, 0.717) is 11.3 Å². The summed E-state index contributed by atoms with van der Waals surface area (Å²) < 4.78 is 0. The maximum atomic E-state index is 11.9. The Labute approximate surface area is 105 Å². The lowest BCUT2D eigenvalue weighted by Gasteiger charge is -2.21. The van der Waals surface area contributed by atoms with Gasteiger partial charge in [0, 0.05) is 23.9 Å². The van der Waals surface area contributed by atoms with E-state index in [1.54, 1.807) is 32.9 Å². The summed E-state index contributed by atoms with van der Waals surface area (Å²) in [6.07, 6.45) is 0. The van der Waals surface area contributed by atoms with Gasteiger partial charge in [-0.1, -0.05) is 6.07 Å². The number of carbonyl (C=O) groups is 1. The van der Waals surface area contributed by atoms with E-state index in [1.807, 2.05) is 0 Å². The largest absolute Gasteiger partial charge is 0.329 e. The van der Waals surface area contributed by atoms with Crippen molar-refractivity contribution in [1.29, 1.82) is 0 Å². The number of hydrogen-bond acceptors (Lipinski definition) is 4. The van der Waals surface area contributed by atoms with Crippen LogP contribution in [0.2, 0.25) is 0 Å². The topological polar surface area (TPSA) is 98.3 Å². The van der Waals surface area contributed by atoms with Crippen LogP contribution >= 0.6 is 0 Å². The van der Waals surface area contributed by atoms with Crippen molar-refractivity contribution in [3.8, 4) is 0 Å². The molecule has 1 aromatic rings. The molecule has 98 valence electrons. The van der Waals surface area contributed by atoms with Crippen LogP contribution < -0.4 is 11.1 Å². The molecule has 0 bridgehead atoms. The van der Waals surface area contributed by atoms with Gasteiger partial charge in [0.25, 0.3) is 5.69 Å². The quantitative estimate of drug-likeness (QED) is 0.630. The van der Waals surface area contributed by atoms with Gasteiger partial charge < -0.3 is 11.1 Å². The molecule has 6 nitrogen and oxygen atoms in total. The van der Waals surface area contributed by atoms with Crippen LogP contribution in [0.15, 0.2) is 18.2 Å². The second-order valence-corrected chi connectivity index (χ2v) is 4.80. The maximum absolute atomic E-state index is 11.9. The highest BCUT2D eigenvalue weighted by Crippen LogP contribution is 2.24. The molecule has 0 radical (unpaired) electrons. The highest BCUT2D eigenvalue weighted by molar-refractivity contribution is 5.95. The van der Waals surface area contributed by atoms with Gasteiger partial charge in [-0.25, -0.2) is 0 Å². The summed E-state index contributed by atoms with van der Waals surface area (Å²) in [7, 11) is 0. The zero-order valence-electron chi connectivity index (χ0n) is 10.7. The standard InChI is InChI=1S/C12H17N3O3/c1-8-4-5-9(6-10(8)15(17)18)14-11(16)12(2,3)7-13/h4-6H,7,13H2,1-3H3,(H,14,16). The van der Waals surface area contributed by atoms with Crippen LogP contribution in [-0.2, 0) is 4.79 Å². The van der Waals surface area contributed by atoms with Crippen molar-refractivity contribution in [3.05, 3.63) is 33.9 Å². The van der Waals surface area contributed by atoms with Crippen LogP contribution in [0.25, 0.3) is 0 Å². The summed E-state index contributed by atoms with van der Waals surface area (Å²) in [5.41, 5.74) is 5.72. The predicted molar refractivity (Wildman–Crippen MR) is 69.3 cm³/mol. The smallest absolute Gasteiger partial charge is 0.274 e. The number of nitro groups is 1. The van der Waals surface area contributed by atoms with Crippen molar-refractivity contribution in [2.45, 2.75) is 20.8 Å². The highest BCUT2D eigenvalue weighted by Gasteiger charge is 2.26. The maximum Gasteiger partial charge on any atom is 0.274 e. The van der Waals surface area contributed by atoms with Gasteiger partial charge in [0.05, 0.1) is 10.3 Å². The first-order valence-corrected chi connectivity index (χ1v) is 5.54. The first-order valence-electron chi connectivity index (χ1n) is 5.54. The molecule has 0 saturated heterocycles. The van der Waals surface area contributed by atoms with Crippen molar-refractivity contribution < 1.29 is 9.72 Å². The average Bonchev–Trinajstić information content (AvgIpc) is 2.31. The third-order valence-electron chi connectivity index (χ3n) is 2.79. The summed E-state index contributed by atoms with van der Waals surface area (Å²) in [5, 5.41) is 13.4. The fraction of sp³-hybridized carbons (Fsp3) is 0.417. The summed E-state index contributed by atoms with van der Waals surface area (Å²) in [6, 6.07) is 4.58. The first-order chi connectivity index (χ1) is 8.27. The highest BCUT2D eigenvalue weighted by atomic mass is 16.6. The van der Waals surface area contributed by atoms with Crippen LogP contribution in [0, 0.1) is 22.5 Å². The Balaban J connectivity index is 2.96. The Hall–Kier alpha value is -1.95. The van der Waals surface area contributed by atoms with Crippen LogP contribution in [-0.4, -0.2) is 17.4 Å². The lowest BCUT2D eigenvalue weighted by molar-refractivity contribution is -0.385. The Bertz CT molecular complexity index is 483. The molecule has 0 heterocycles. The van der Waals surface area contributed by atoms with E-state index in [0.717, 1.165) is 0 Å². The second kappa shape index (κ2) is 5.14. The van der Waals surface area contributed by atoms with E-state index in [2.05, 4.69) is 5.32 Å². The third-order valence-corrected chi connectivity index (χ3v) is 2.79. The third kappa shape index (κ3) is 3.04. The number of anilines is 1. The minimum Gasteiger partial charge on any atom is -0.329 e. The minimum atomic E-state index is -0.709. The molecule has 6 heteroatoms. The summed E-state index contributed by atoms with van der Waals surface area (Å²) in [4.78, 5) is 22.2. The minimum absolute atomic E-state index is 0.0154. The molecule has 1 aromatic carbocycles. The predicted octanol–water partition coefficient (Wildman–Crippen LogP) is 1.83. The number of nitro benzene ring substituents is 1. The SMILES string of the molecule is Cc1ccc(NC(=O)C(C)(C)CN)cc1[N+](=O)[O-]. The normalized spacial score (nSPS) is 11.1. The van der Waals surface area contributed by atoms with Crippen molar-refractivity contribution in [2.75, 3.05) is 11.9 Å². The first kappa shape index (κ1) is 14.1. The fourth-order valence-corrected chi connectivity index (χ4v) is 1.28. The van der Waals surface area contributed by atoms with Gasteiger partial charge in [0.1, 0.15) is 0 Å². The van der Waals surface area contributed by atoms with Gasteiger partial charge in [-0.2, -0.15) is 0 Å². The van der Waals surface area contributed by atoms with Crippen LogP contribution in [0.4, 0.5) is 11.4 Å². The van der Waals surface area contributed by atoms with E-state index in [4.69, 9.17) is 5.73 Å². The number of nitrogens with one attached hydrogen (secondary N) is 1. The van der Waals surface area contributed by atoms with Gasteiger partial charge in [0.15, 0.2) is 0 Å². The zero-order chi connectivity index (χ0) is 13.9. The van der Waals surface area contributed by atoms with Gasteiger partial charge in [-0.3, -0.25) is 14.9 Å². The number of aryl methyl sites for hydroxylation is 1. The van der Waals surface area contributed by atoms with Gasteiger partial charge in [-0.05, 0) is 26.8 Å². The summed E-state index contributed by atoms with van der Waals surface area (Å²) in [5.74, 6) is -0.261. The van der Waals surface area contributed by atoms with Crippen molar-refractivity contribution in [3.63, 3.8) is 0 Å². The van der Waals surface area contributed by atoms with Gasteiger partial charge >= 0.3 is 0 Å². The fourth-order valence-electron chi connectivity index (χ4n) is 1.28. The van der Waals surface area contributed by atoms with Gasteiger partial charge in [-0.15, -0.1) is 0 Å². The van der Waals surface area contributed by atoms with E-state index in [9.17, 15) is 14.9 Å². The lowest BCUT2D eigenvalue weighted by Crippen LogP contribution is -2.37. The number of amides is 1.